The molecule has 2 bridgehead atoms. The van der Waals surface area contributed by atoms with Crippen LogP contribution in [0.1, 0.15) is 19.3 Å². The molecule has 2 nitrogen and oxygen atoms in total. The van der Waals surface area contributed by atoms with Gasteiger partial charge in [-0.3, -0.25) is 4.79 Å². The maximum atomic E-state index is 11.1. The van der Waals surface area contributed by atoms with Gasteiger partial charge < -0.3 is 5.73 Å². The zero-order valence-corrected chi connectivity index (χ0v) is 6.99. The Kier molecular flexibility index (Phi) is 0.980. The van der Waals surface area contributed by atoms with Gasteiger partial charge in [0.15, 0.2) is 0 Å². The fourth-order valence-electron chi connectivity index (χ4n) is 3.29. The summed E-state index contributed by atoms with van der Waals surface area (Å²) in [5.41, 5.74) is 5.87. The fourth-order valence-corrected chi connectivity index (χ4v) is 3.29. The smallest absolute Gasteiger partial charge is 0.221 e. The molecular weight excluding hydrogens is 150 g/mol. The van der Waals surface area contributed by atoms with E-state index in [-0.39, 0.29) is 11.8 Å². The molecule has 2 fully saturated rings. The van der Waals surface area contributed by atoms with Gasteiger partial charge in [0.1, 0.15) is 0 Å². The third-order valence-corrected chi connectivity index (χ3v) is 4.09. The first kappa shape index (κ1) is 6.70. The molecule has 3 atom stereocenters. The van der Waals surface area contributed by atoms with E-state index in [1.165, 1.54) is 12.8 Å². The predicted molar refractivity (Wildman–Crippen MR) is 45.1 cm³/mol. The Hall–Kier alpha value is -0.790. The van der Waals surface area contributed by atoms with Gasteiger partial charge in [-0.1, -0.05) is 12.2 Å². The first-order chi connectivity index (χ1) is 5.74. The molecule has 0 radical (unpaired) electrons. The lowest BCUT2D eigenvalue weighted by Crippen LogP contribution is -2.27. The van der Waals surface area contributed by atoms with Crippen LogP contribution in [0.15, 0.2) is 12.2 Å². The van der Waals surface area contributed by atoms with Crippen LogP contribution in [0.3, 0.4) is 0 Å². The van der Waals surface area contributed by atoms with Crippen LogP contribution < -0.4 is 5.73 Å². The van der Waals surface area contributed by atoms with Crippen LogP contribution in [-0.4, -0.2) is 5.91 Å². The molecular formula is C10H13NO. The average molecular weight is 163 g/mol. The number of carbonyl (C=O) groups is 1. The van der Waals surface area contributed by atoms with Crippen LogP contribution in [0.4, 0.5) is 0 Å². The van der Waals surface area contributed by atoms with Crippen LogP contribution in [-0.2, 0) is 4.79 Å². The lowest BCUT2D eigenvalue weighted by molar-refractivity contribution is -0.122. The minimum atomic E-state index is -0.0851. The molecule has 0 aromatic heterocycles. The Bertz CT molecular complexity index is 278. The summed E-state index contributed by atoms with van der Waals surface area (Å²) < 4.78 is 0. The van der Waals surface area contributed by atoms with Crippen molar-refractivity contribution >= 4 is 5.91 Å². The number of amides is 1. The zero-order valence-electron chi connectivity index (χ0n) is 6.99. The molecule has 1 amide bonds. The Labute approximate surface area is 71.8 Å². The van der Waals surface area contributed by atoms with Crippen molar-refractivity contribution in [3.05, 3.63) is 12.2 Å². The number of carbonyl (C=O) groups excluding carboxylic acids is 1. The van der Waals surface area contributed by atoms with Crippen molar-refractivity contribution in [2.24, 2.45) is 28.9 Å². The highest BCUT2D eigenvalue weighted by atomic mass is 16.1. The number of hydrogen-bond acceptors (Lipinski definition) is 1. The van der Waals surface area contributed by atoms with Gasteiger partial charge in [0.25, 0.3) is 0 Å². The summed E-state index contributed by atoms with van der Waals surface area (Å²) in [5.74, 6) is 1.25. The number of hydrogen-bond donors (Lipinski definition) is 1. The Morgan fingerprint density at radius 1 is 1.42 bits per heavy atom. The van der Waals surface area contributed by atoms with Crippen molar-refractivity contribution in [3.8, 4) is 0 Å². The molecule has 2 heteroatoms. The summed E-state index contributed by atoms with van der Waals surface area (Å²) in [6.07, 6.45) is 8.20. The van der Waals surface area contributed by atoms with Crippen molar-refractivity contribution in [2.75, 3.05) is 0 Å². The summed E-state index contributed by atoms with van der Waals surface area (Å²) in [6.45, 7) is 0. The van der Waals surface area contributed by atoms with Gasteiger partial charge in [-0.15, -0.1) is 0 Å². The molecule has 1 unspecified atom stereocenters. The maximum absolute atomic E-state index is 11.1. The largest absolute Gasteiger partial charge is 0.369 e. The first-order valence-corrected chi connectivity index (χ1v) is 4.72. The molecule has 3 rings (SSSR count). The highest BCUT2D eigenvalue weighted by molar-refractivity contribution is 5.78. The van der Waals surface area contributed by atoms with E-state index in [1.807, 2.05) is 0 Å². The second-order valence-corrected chi connectivity index (χ2v) is 4.49. The minimum Gasteiger partial charge on any atom is -0.369 e. The van der Waals surface area contributed by atoms with Crippen molar-refractivity contribution < 1.29 is 4.79 Å². The van der Waals surface area contributed by atoms with E-state index in [4.69, 9.17) is 5.73 Å². The summed E-state index contributed by atoms with van der Waals surface area (Å²) >= 11 is 0. The van der Waals surface area contributed by atoms with Crippen molar-refractivity contribution in [1.82, 2.24) is 0 Å². The van der Waals surface area contributed by atoms with Crippen LogP contribution in [0.2, 0.25) is 0 Å². The second kappa shape index (κ2) is 1.76. The van der Waals surface area contributed by atoms with Crippen LogP contribution in [0, 0.1) is 23.2 Å². The molecule has 2 N–H and O–H groups in total. The third-order valence-electron chi connectivity index (χ3n) is 4.09. The molecule has 0 saturated heterocycles. The van der Waals surface area contributed by atoms with Gasteiger partial charge in [0, 0.05) is 5.92 Å². The van der Waals surface area contributed by atoms with Gasteiger partial charge in [0.2, 0.25) is 5.91 Å². The molecule has 0 aromatic rings. The highest BCUT2D eigenvalue weighted by Gasteiger charge is 2.63. The molecule has 2 saturated carbocycles. The number of primary amides is 1. The maximum Gasteiger partial charge on any atom is 0.221 e. The van der Waals surface area contributed by atoms with Gasteiger partial charge in [-0.2, -0.15) is 0 Å². The SMILES string of the molecule is NC(=O)C1C[C@@H]2C=C[C@@H]1C21CC1. The fraction of sp³-hybridized carbons (Fsp3) is 0.700. The lowest BCUT2D eigenvalue weighted by Gasteiger charge is -2.15. The molecule has 0 aliphatic heterocycles. The molecule has 64 valence electrons. The molecule has 12 heavy (non-hydrogen) atoms. The summed E-state index contributed by atoms with van der Waals surface area (Å²) in [7, 11) is 0. The van der Waals surface area contributed by atoms with E-state index in [1.54, 1.807) is 0 Å². The molecule has 0 aromatic carbocycles. The summed E-state index contributed by atoms with van der Waals surface area (Å²) in [5, 5.41) is 0. The van der Waals surface area contributed by atoms with E-state index in [0.717, 1.165) is 6.42 Å². The monoisotopic (exact) mass is 163 g/mol. The average Bonchev–Trinajstić information content (AvgIpc) is 2.69. The van der Waals surface area contributed by atoms with Crippen LogP contribution in [0.25, 0.3) is 0 Å². The van der Waals surface area contributed by atoms with E-state index in [9.17, 15) is 4.79 Å². The molecule has 1 spiro atoms. The Morgan fingerprint density at radius 3 is 2.58 bits per heavy atom. The second-order valence-electron chi connectivity index (χ2n) is 4.49. The Morgan fingerprint density at radius 2 is 2.17 bits per heavy atom. The molecule has 0 heterocycles. The van der Waals surface area contributed by atoms with Gasteiger partial charge in [-0.05, 0) is 36.5 Å². The normalized spacial score (nSPS) is 45.5. The van der Waals surface area contributed by atoms with Gasteiger partial charge >= 0.3 is 0 Å². The summed E-state index contributed by atoms with van der Waals surface area (Å²) in [4.78, 5) is 11.1. The van der Waals surface area contributed by atoms with Gasteiger partial charge in [0.05, 0.1) is 0 Å². The number of rotatable bonds is 1. The zero-order chi connectivity index (χ0) is 8.34. The summed E-state index contributed by atoms with van der Waals surface area (Å²) in [6, 6.07) is 0. The molecule has 3 aliphatic carbocycles. The van der Waals surface area contributed by atoms with Crippen LogP contribution in [0.5, 0.6) is 0 Å². The molecule has 3 aliphatic rings. The van der Waals surface area contributed by atoms with E-state index < -0.39 is 0 Å². The predicted octanol–water partition coefficient (Wildman–Crippen LogP) is 1.07. The van der Waals surface area contributed by atoms with E-state index >= 15 is 0 Å². The van der Waals surface area contributed by atoms with Gasteiger partial charge in [-0.25, -0.2) is 0 Å². The quantitative estimate of drug-likeness (QED) is 0.577. The lowest BCUT2D eigenvalue weighted by atomic mass is 9.89. The van der Waals surface area contributed by atoms with Crippen LogP contribution >= 0.6 is 0 Å². The van der Waals surface area contributed by atoms with Crippen molar-refractivity contribution in [2.45, 2.75) is 19.3 Å². The van der Waals surface area contributed by atoms with E-state index in [2.05, 4.69) is 12.2 Å². The van der Waals surface area contributed by atoms with E-state index in [0.29, 0.717) is 17.3 Å². The number of nitrogens with two attached hydrogens (primary N) is 1. The standard InChI is InChI=1S/C10H13NO/c11-9(12)7-5-6-1-2-8(7)10(6)3-4-10/h1-2,6-8H,3-5H2,(H2,11,12)/t6-,7?,8-/m0/s1. The third kappa shape index (κ3) is 0.563. The first-order valence-electron chi connectivity index (χ1n) is 4.72. The minimum absolute atomic E-state index is 0.0851. The van der Waals surface area contributed by atoms with Crippen molar-refractivity contribution in [3.63, 3.8) is 0 Å². The number of allylic oxidation sites excluding steroid dienone is 2. The highest BCUT2D eigenvalue weighted by Crippen LogP contribution is 2.69. The topological polar surface area (TPSA) is 43.1 Å². The Balaban J connectivity index is 1.97. The van der Waals surface area contributed by atoms with Crippen molar-refractivity contribution in [1.29, 1.82) is 0 Å².